The topological polar surface area (TPSA) is 35.5 Å². The zero-order valence-electron chi connectivity index (χ0n) is 9.38. The van der Waals surface area contributed by atoms with Crippen molar-refractivity contribution in [2.75, 3.05) is 12.4 Å². The quantitative estimate of drug-likeness (QED) is 0.441. The van der Waals surface area contributed by atoms with Gasteiger partial charge in [0, 0.05) is 11.8 Å². The van der Waals surface area contributed by atoms with Gasteiger partial charge in [0.15, 0.2) is 17.7 Å². The first-order valence-corrected chi connectivity index (χ1v) is 6.86. The van der Waals surface area contributed by atoms with E-state index in [1.54, 1.807) is 0 Å². The Balaban J connectivity index is 2.94. The Morgan fingerprint density at radius 2 is 2.06 bits per heavy atom. The van der Waals surface area contributed by atoms with E-state index in [1.807, 2.05) is 0 Å². The van der Waals surface area contributed by atoms with Crippen molar-refractivity contribution in [1.29, 1.82) is 0 Å². The van der Waals surface area contributed by atoms with Crippen molar-refractivity contribution in [3.63, 3.8) is 0 Å². The summed E-state index contributed by atoms with van der Waals surface area (Å²) in [4.78, 5) is 11.4. The molecule has 1 atom stereocenters. The van der Waals surface area contributed by atoms with Crippen LogP contribution >= 0.6 is 31.9 Å². The van der Waals surface area contributed by atoms with Crippen molar-refractivity contribution in [2.24, 2.45) is 0 Å². The Kier molecular flexibility index (Phi) is 6.01. The molecule has 0 aliphatic rings. The van der Waals surface area contributed by atoms with Gasteiger partial charge in [0.25, 0.3) is 0 Å². The van der Waals surface area contributed by atoms with E-state index >= 15 is 0 Å². The number of carbonyl (C=O) groups excluding carboxylic acids is 1. The SMILES string of the molecule is COC(=O)C(CCBr)Oc1ccc(Br)c(F)c1F. The van der Waals surface area contributed by atoms with Crippen LogP contribution in [0, 0.1) is 11.6 Å². The molecule has 0 aliphatic heterocycles. The van der Waals surface area contributed by atoms with Crippen LogP contribution in [0.2, 0.25) is 0 Å². The van der Waals surface area contributed by atoms with Gasteiger partial charge in [0.2, 0.25) is 5.82 Å². The first-order valence-electron chi connectivity index (χ1n) is 4.95. The Hall–Kier alpha value is -0.690. The number of rotatable bonds is 5. The number of halogens is 4. The Labute approximate surface area is 120 Å². The average Bonchev–Trinajstić information content (AvgIpc) is 2.37. The summed E-state index contributed by atoms with van der Waals surface area (Å²) in [6.07, 6.45) is -0.700. The third kappa shape index (κ3) is 3.65. The monoisotopic (exact) mass is 386 g/mol. The minimum Gasteiger partial charge on any atom is -0.476 e. The first-order chi connectivity index (χ1) is 8.51. The van der Waals surface area contributed by atoms with Crippen molar-refractivity contribution in [3.8, 4) is 5.75 Å². The number of ether oxygens (including phenoxy) is 2. The highest BCUT2D eigenvalue weighted by molar-refractivity contribution is 9.10. The molecule has 0 saturated heterocycles. The van der Waals surface area contributed by atoms with Crippen LogP contribution in [-0.4, -0.2) is 24.5 Å². The van der Waals surface area contributed by atoms with E-state index in [1.165, 1.54) is 19.2 Å². The van der Waals surface area contributed by atoms with E-state index in [0.717, 1.165) is 0 Å². The van der Waals surface area contributed by atoms with Crippen LogP contribution in [-0.2, 0) is 9.53 Å². The van der Waals surface area contributed by atoms with Crippen molar-refractivity contribution >= 4 is 37.8 Å². The Morgan fingerprint density at radius 1 is 1.39 bits per heavy atom. The van der Waals surface area contributed by atoms with Crippen LogP contribution in [0.3, 0.4) is 0 Å². The van der Waals surface area contributed by atoms with Gasteiger partial charge in [-0.2, -0.15) is 4.39 Å². The van der Waals surface area contributed by atoms with Gasteiger partial charge in [0.05, 0.1) is 11.6 Å². The Morgan fingerprint density at radius 3 is 2.61 bits per heavy atom. The van der Waals surface area contributed by atoms with Crippen molar-refractivity contribution in [3.05, 3.63) is 28.2 Å². The van der Waals surface area contributed by atoms with Gasteiger partial charge in [-0.05, 0) is 28.1 Å². The molecule has 0 amide bonds. The third-order valence-corrected chi connectivity index (χ3v) is 3.17. The molecule has 0 N–H and O–H groups in total. The van der Waals surface area contributed by atoms with Crippen LogP contribution in [0.15, 0.2) is 16.6 Å². The maximum absolute atomic E-state index is 13.5. The van der Waals surface area contributed by atoms with Crippen LogP contribution in [0.5, 0.6) is 5.75 Å². The lowest BCUT2D eigenvalue weighted by molar-refractivity contribution is -0.148. The molecular formula is C11H10Br2F2O3. The lowest BCUT2D eigenvalue weighted by Gasteiger charge is -2.16. The molecule has 1 aromatic rings. The number of hydrogen-bond acceptors (Lipinski definition) is 3. The molecule has 1 unspecified atom stereocenters. The fourth-order valence-electron chi connectivity index (χ4n) is 1.21. The van der Waals surface area contributed by atoms with Gasteiger partial charge >= 0.3 is 5.97 Å². The summed E-state index contributed by atoms with van der Waals surface area (Å²) in [6.45, 7) is 0. The molecule has 3 nitrogen and oxygen atoms in total. The molecule has 100 valence electrons. The van der Waals surface area contributed by atoms with Crippen LogP contribution in [0.4, 0.5) is 8.78 Å². The van der Waals surface area contributed by atoms with E-state index in [2.05, 4.69) is 36.6 Å². The second kappa shape index (κ2) is 7.04. The molecule has 0 bridgehead atoms. The molecule has 0 fully saturated rings. The minimum absolute atomic E-state index is 0.0116. The second-order valence-corrected chi connectivity index (χ2v) is 4.93. The summed E-state index contributed by atoms with van der Waals surface area (Å²) in [5.41, 5.74) is 0. The van der Waals surface area contributed by atoms with E-state index < -0.39 is 23.7 Å². The number of esters is 1. The lowest BCUT2D eigenvalue weighted by Crippen LogP contribution is -2.29. The molecule has 0 spiro atoms. The molecule has 0 aromatic heterocycles. The average molecular weight is 388 g/mol. The van der Waals surface area contributed by atoms with Crippen LogP contribution in [0.25, 0.3) is 0 Å². The van der Waals surface area contributed by atoms with Gasteiger partial charge < -0.3 is 9.47 Å². The summed E-state index contributed by atoms with van der Waals surface area (Å²) >= 11 is 5.99. The number of carbonyl (C=O) groups is 1. The standard InChI is InChI=1S/C11H10Br2F2O3/c1-17-11(16)8(4-5-12)18-7-3-2-6(13)9(14)10(7)15/h2-3,8H,4-5H2,1H3. The number of benzene rings is 1. The molecule has 0 saturated carbocycles. The number of hydrogen-bond donors (Lipinski definition) is 0. The molecule has 18 heavy (non-hydrogen) atoms. The summed E-state index contributed by atoms with van der Waals surface area (Å²) in [7, 11) is 1.20. The Bertz CT molecular complexity index is 441. The maximum Gasteiger partial charge on any atom is 0.347 e. The smallest absolute Gasteiger partial charge is 0.347 e. The predicted octanol–water partition coefficient (Wildman–Crippen LogP) is 3.43. The molecule has 1 aromatic carbocycles. The highest BCUT2D eigenvalue weighted by atomic mass is 79.9. The number of methoxy groups -OCH3 is 1. The third-order valence-electron chi connectivity index (χ3n) is 2.10. The maximum atomic E-state index is 13.5. The summed E-state index contributed by atoms with van der Waals surface area (Å²) in [5.74, 6) is -3.17. The number of alkyl halides is 1. The van der Waals surface area contributed by atoms with Crippen molar-refractivity contribution < 1.29 is 23.0 Å². The molecule has 1 rings (SSSR count). The zero-order valence-corrected chi connectivity index (χ0v) is 12.6. The van der Waals surface area contributed by atoms with Gasteiger partial charge in [-0.15, -0.1) is 0 Å². The normalized spacial score (nSPS) is 12.1. The second-order valence-electron chi connectivity index (χ2n) is 3.28. The fraction of sp³-hybridized carbons (Fsp3) is 0.364. The molecule has 7 heteroatoms. The van der Waals surface area contributed by atoms with Crippen LogP contribution in [0.1, 0.15) is 6.42 Å². The van der Waals surface area contributed by atoms with Gasteiger partial charge in [-0.25, -0.2) is 9.18 Å². The van der Waals surface area contributed by atoms with Crippen molar-refractivity contribution in [1.82, 2.24) is 0 Å². The van der Waals surface area contributed by atoms with E-state index in [-0.39, 0.29) is 16.6 Å². The molecule has 0 heterocycles. The molecule has 0 aliphatic carbocycles. The predicted molar refractivity (Wildman–Crippen MR) is 68.9 cm³/mol. The summed E-state index contributed by atoms with van der Waals surface area (Å²) < 4.78 is 36.5. The van der Waals surface area contributed by atoms with Crippen molar-refractivity contribution in [2.45, 2.75) is 12.5 Å². The minimum atomic E-state index is -1.15. The van der Waals surface area contributed by atoms with Gasteiger partial charge in [-0.1, -0.05) is 15.9 Å². The first kappa shape index (κ1) is 15.4. The molecular weight excluding hydrogens is 378 g/mol. The van der Waals surface area contributed by atoms with Gasteiger partial charge in [0.1, 0.15) is 0 Å². The van der Waals surface area contributed by atoms with Crippen LogP contribution < -0.4 is 4.74 Å². The van der Waals surface area contributed by atoms with E-state index in [9.17, 15) is 13.6 Å². The largest absolute Gasteiger partial charge is 0.476 e. The lowest BCUT2D eigenvalue weighted by atomic mass is 10.2. The fourth-order valence-corrected chi connectivity index (χ4v) is 1.93. The van der Waals surface area contributed by atoms with Gasteiger partial charge in [-0.3, -0.25) is 0 Å². The highest BCUT2D eigenvalue weighted by Crippen LogP contribution is 2.27. The molecule has 0 radical (unpaired) electrons. The van der Waals surface area contributed by atoms with E-state index in [4.69, 9.17) is 4.74 Å². The zero-order chi connectivity index (χ0) is 13.7. The summed E-state index contributed by atoms with van der Waals surface area (Å²) in [6, 6.07) is 2.54. The highest BCUT2D eigenvalue weighted by Gasteiger charge is 2.23. The van der Waals surface area contributed by atoms with E-state index in [0.29, 0.717) is 5.33 Å². The summed E-state index contributed by atoms with van der Waals surface area (Å²) in [5, 5.41) is 0.466.